The van der Waals surface area contributed by atoms with E-state index in [4.69, 9.17) is 16.7 Å². The zero-order valence-corrected chi connectivity index (χ0v) is 20.1. The lowest BCUT2D eigenvalue weighted by atomic mass is 9.77. The number of nitrogens with zero attached hydrogens (tertiary/aromatic N) is 1. The van der Waals surface area contributed by atoms with E-state index in [0.29, 0.717) is 16.8 Å². The molecule has 194 valence electrons. The summed E-state index contributed by atoms with van der Waals surface area (Å²) in [5.74, 6) is -3.52. The number of pyridine rings is 1. The molecule has 1 aliphatic carbocycles. The van der Waals surface area contributed by atoms with Crippen LogP contribution in [0.3, 0.4) is 0 Å². The predicted molar refractivity (Wildman–Crippen MR) is 128 cm³/mol. The van der Waals surface area contributed by atoms with Gasteiger partial charge >= 0.3 is 12.6 Å². The highest BCUT2D eigenvalue weighted by molar-refractivity contribution is 6.31. The van der Waals surface area contributed by atoms with Crippen LogP contribution < -0.4 is 14.8 Å². The van der Waals surface area contributed by atoms with E-state index in [9.17, 15) is 28.0 Å². The minimum absolute atomic E-state index is 0.00830. The molecule has 0 unspecified atom stereocenters. The number of carboxylic acids is 1. The van der Waals surface area contributed by atoms with Gasteiger partial charge in [0.25, 0.3) is 0 Å². The van der Waals surface area contributed by atoms with Gasteiger partial charge in [0.15, 0.2) is 5.82 Å². The number of hydrogen-bond donors (Lipinski definition) is 3. The Bertz CT molecular complexity index is 1320. The van der Waals surface area contributed by atoms with Crippen molar-refractivity contribution in [2.75, 3.05) is 5.32 Å². The van der Waals surface area contributed by atoms with Crippen molar-refractivity contribution in [1.82, 2.24) is 0 Å². The Morgan fingerprint density at radius 1 is 1.11 bits per heavy atom. The number of anilines is 1. The molecule has 7 nitrogen and oxygen atoms in total. The van der Waals surface area contributed by atoms with E-state index in [1.54, 1.807) is 0 Å². The van der Waals surface area contributed by atoms with Crippen molar-refractivity contribution >= 4 is 29.2 Å². The number of alkyl halides is 2. The Morgan fingerprint density at radius 2 is 1.81 bits per heavy atom. The fraction of sp³-hybridized carbons (Fsp3) is 0.269. The average Bonchev–Trinajstić information content (AvgIpc) is 2.81. The molecule has 1 atom stereocenters. The second kappa shape index (κ2) is 11.1. The van der Waals surface area contributed by atoms with Gasteiger partial charge in [-0.3, -0.25) is 10.0 Å². The number of aromatic nitrogens is 1. The van der Waals surface area contributed by atoms with Gasteiger partial charge in [-0.2, -0.15) is 8.78 Å². The zero-order valence-electron chi connectivity index (χ0n) is 19.3. The van der Waals surface area contributed by atoms with Crippen molar-refractivity contribution in [3.63, 3.8) is 0 Å². The fourth-order valence-electron chi connectivity index (χ4n) is 4.27. The van der Waals surface area contributed by atoms with Crippen molar-refractivity contribution < 1.29 is 42.5 Å². The Hall–Kier alpha value is -3.79. The normalized spacial score (nSPS) is 14.2. The molecule has 0 radical (unpaired) electrons. The number of aromatic carboxylic acids is 1. The quantitative estimate of drug-likeness (QED) is 0.235. The van der Waals surface area contributed by atoms with Gasteiger partial charge in [0, 0.05) is 16.5 Å². The molecule has 11 heteroatoms. The number of carbonyl (C=O) groups excluding carboxylic acids is 1. The Kier molecular flexibility index (Phi) is 7.87. The second-order valence-corrected chi connectivity index (χ2v) is 9.16. The third-order valence-electron chi connectivity index (χ3n) is 6.39. The highest BCUT2D eigenvalue weighted by Crippen LogP contribution is 2.38. The summed E-state index contributed by atoms with van der Waals surface area (Å²) in [4.78, 5) is 24.3. The first kappa shape index (κ1) is 26.3. The highest BCUT2D eigenvalue weighted by Gasteiger charge is 2.35. The van der Waals surface area contributed by atoms with Crippen molar-refractivity contribution in [2.24, 2.45) is 5.92 Å². The first-order valence-corrected chi connectivity index (χ1v) is 11.8. The van der Waals surface area contributed by atoms with Gasteiger partial charge in [0.1, 0.15) is 11.7 Å². The molecule has 0 saturated heterocycles. The molecular formula is C26H23ClF3N2O5+. The number of carbonyl (C=O) groups is 2. The van der Waals surface area contributed by atoms with Crippen molar-refractivity contribution in [1.29, 1.82) is 0 Å². The minimum Gasteiger partial charge on any atom is -0.478 e. The average molecular weight is 536 g/mol. The first-order chi connectivity index (χ1) is 17.6. The Balaban J connectivity index is 1.66. The lowest BCUT2D eigenvalue weighted by molar-refractivity contribution is -0.909. The molecule has 1 saturated carbocycles. The number of rotatable bonds is 9. The molecule has 2 aromatic carbocycles. The molecule has 0 aliphatic heterocycles. The summed E-state index contributed by atoms with van der Waals surface area (Å²) in [7, 11) is 0. The maximum Gasteiger partial charge on any atom is 0.387 e. The van der Waals surface area contributed by atoms with Gasteiger partial charge in [0.2, 0.25) is 17.8 Å². The van der Waals surface area contributed by atoms with Crippen LogP contribution in [0.5, 0.6) is 5.75 Å². The number of halogens is 4. The molecule has 1 fully saturated rings. The smallest absolute Gasteiger partial charge is 0.387 e. The lowest BCUT2D eigenvalue weighted by Crippen LogP contribution is -2.40. The van der Waals surface area contributed by atoms with E-state index >= 15 is 0 Å². The van der Waals surface area contributed by atoms with E-state index in [1.165, 1.54) is 36.4 Å². The van der Waals surface area contributed by atoms with Crippen LogP contribution >= 0.6 is 11.6 Å². The van der Waals surface area contributed by atoms with Crippen LogP contribution in [0.1, 0.15) is 47.7 Å². The van der Waals surface area contributed by atoms with Gasteiger partial charge < -0.3 is 15.2 Å². The maximum atomic E-state index is 14.8. The first-order valence-electron chi connectivity index (χ1n) is 11.5. The van der Waals surface area contributed by atoms with E-state index < -0.39 is 36.0 Å². The molecule has 1 amide bonds. The number of carboxylic acid groups (broad SMARTS) is 1. The monoisotopic (exact) mass is 535 g/mol. The number of hydrogen-bond acceptors (Lipinski definition) is 4. The van der Waals surface area contributed by atoms with Gasteiger partial charge in [-0.05, 0) is 54.8 Å². The summed E-state index contributed by atoms with van der Waals surface area (Å²) in [6.07, 6.45) is 4.44. The van der Waals surface area contributed by atoms with Crippen LogP contribution in [0, 0.1) is 11.7 Å². The van der Waals surface area contributed by atoms with Crippen LogP contribution in [0.2, 0.25) is 5.02 Å². The van der Waals surface area contributed by atoms with Gasteiger partial charge in [-0.15, -0.1) is 0 Å². The molecule has 37 heavy (non-hydrogen) atoms. The highest BCUT2D eigenvalue weighted by atomic mass is 35.5. The SMILES string of the molecule is O=C(O)c1ccc(NC(=O)[C@H](CC2CCC2)c2ccc(-c3c(OC(F)F)ccc(Cl)c3F)c[n+]2O)cc1. The van der Waals surface area contributed by atoms with E-state index in [1.807, 2.05) is 0 Å². The molecule has 4 rings (SSSR count). The molecule has 1 aliphatic rings. The molecule has 0 bridgehead atoms. The van der Waals surface area contributed by atoms with Crippen molar-refractivity contribution in [2.45, 2.75) is 38.2 Å². The summed E-state index contributed by atoms with van der Waals surface area (Å²) in [5.41, 5.74) is 0.296. The molecule has 3 N–H and O–H groups in total. The molecule has 1 heterocycles. The third-order valence-corrected chi connectivity index (χ3v) is 6.68. The van der Waals surface area contributed by atoms with E-state index in [-0.39, 0.29) is 33.3 Å². The van der Waals surface area contributed by atoms with Crippen LogP contribution in [0.15, 0.2) is 54.7 Å². The van der Waals surface area contributed by atoms with Gasteiger partial charge in [-0.25, -0.2) is 9.18 Å². The Labute approximate surface area is 215 Å². The molecule has 3 aromatic rings. The van der Waals surface area contributed by atoms with Gasteiger partial charge in [-0.1, -0.05) is 30.9 Å². The standard InChI is InChI=1S/C26H22ClF3N2O5/c27-19-9-11-21(37-26(29)30)22(23(19)28)16-6-10-20(32(36)13-16)18(12-14-2-1-3-14)24(33)31-17-7-4-15(5-8-17)25(34)35/h4-11,13-14,18,26H,1-3,12H2,(H2-,31,33,34,35,36)/p+1/t18-/m1/s1. The summed E-state index contributed by atoms with van der Waals surface area (Å²) < 4.78 is 45.7. The molecule has 0 spiro atoms. The van der Waals surface area contributed by atoms with Crippen molar-refractivity contribution in [3.8, 4) is 16.9 Å². The predicted octanol–water partition coefficient (Wildman–Crippen LogP) is 5.88. The summed E-state index contributed by atoms with van der Waals surface area (Å²) in [5, 5.41) is 22.3. The van der Waals surface area contributed by atoms with Crippen LogP contribution in [0.25, 0.3) is 11.1 Å². The summed E-state index contributed by atoms with van der Waals surface area (Å²) >= 11 is 5.85. The number of ether oxygens (including phenoxy) is 1. The topological polar surface area (TPSA) is 99.7 Å². The zero-order chi connectivity index (χ0) is 26.7. The Morgan fingerprint density at radius 3 is 2.38 bits per heavy atom. The molecule has 1 aromatic heterocycles. The number of amides is 1. The third kappa shape index (κ3) is 5.96. The minimum atomic E-state index is -3.21. The number of nitrogens with one attached hydrogen (secondary N) is 1. The second-order valence-electron chi connectivity index (χ2n) is 8.76. The van der Waals surface area contributed by atoms with Crippen molar-refractivity contribution in [3.05, 3.63) is 76.8 Å². The summed E-state index contributed by atoms with van der Waals surface area (Å²) in [6, 6.07) is 10.6. The van der Waals surface area contributed by atoms with E-state index in [0.717, 1.165) is 37.6 Å². The van der Waals surface area contributed by atoms with E-state index in [2.05, 4.69) is 10.1 Å². The summed E-state index contributed by atoms with van der Waals surface area (Å²) in [6.45, 7) is -3.21. The maximum absolute atomic E-state index is 14.8. The molecular weight excluding hydrogens is 513 g/mol. The van der Waals surface area contributed by atoms with Crippen LogP contribution in [-0.4, -0.2) is 28.8 Å². The largest absolute Gasteiger partial charge is 0.478 e. The van der Waals surface area contributed by atoms with Crippen LogP contribution in [-0.2, 0) is 4.79 Å². The van der Waals surface area contributed by atoms with Gasteiger partial charge in [0.05, 0.1) is 21.7 Å². The fourth-order valence-corrected chi connectivity index (χ4v) is 4.43. The lowest BCUT2D eigenvalue weighted by Gasteiger charge is -2.28. The number of benzene rings is 2. The van der Waals surface area contributed by atoms with Crippen LogP contribution in [0.4, 0.5) is 18.9 Å².